The summed E-state index contributed by atoms with van der Waals surface area (Å²) in [4.78, 5) is 11.6. The molecule has 0 saturated heterocycles. The molecule has 84 valence electrons. The molecule has 1 N–H and O–H groups in total. The summed E-state index contributed by atoms with van der Waals surface area (Å²) < 4.78 is 0. The highest BCUT2D eigenvalue weighted by Crippen LogP contribution is 2.17. The van der Waals surface area contributed by atoms with Gasteiger partial charge in [0.25, 0.3) is 5.91 Å². The first-order chi connectivity index (χ1) is 6.76. The van der Waals surface area contributed by atoms with Gasteiger partial charge in [-0.2, -0.15) is 5.26 Å². The number of hydrogen-bond acceptors (Lipinski definition) is 2. The molecule has 0 spiro atoms. The molecule has 0 aromatic rings. The molecule has 0 saturated carbocycles. The fourth-order valence-corrected chi connectivity index (χ4v) is 0.974. The van der Waals surface area contributed by atoms with Crippen molar-refractivity contribution in [3.63, 3.8) is 0 Å². The largest absolute Gasteiger partial charge is 0.351 e. The van der Waals surface area contributed by atoms with E-state index < -0.39 is 0 Å². The van der Waals surface area contributed by atoms with Crippen molar-refractivity contribution >= 4 is 5.91 Å². The van der Waals surface area contributed by atoms with Gasteiger partial charge in [0.1, 0.15) is 11.6 Å². The summed E-state index contributed by atoms with van der Waals surface area (Å²) in [6.45, 7) is 10.5. The molecular weight excluding hydrogens is 188 g/mol. The highest BCUT2D eigenvalue weighted by molar-refractivity contribution is 5.97. The number of carbonyl (C=O) groups excluding carboxylic acids is 1. The van der Waals surface area contributed by atoms with Crippen LogP contribution >= 0.6 is 0 Å². The van der Waals surface area contributed by atoms with E-state index in [0.29, 0.717) is 12.5 Å². The Morgan fingerprint density at radius 3 is 2.33 bits per heavy atom. The first-order valence-electron chi connectivity index (χ1n) is 5.17. The molecule has 0 aliphatic heterocycles. The summed E-state index contributed by atoms with van der Waals surface area (Å²) in [5.74, 6) is 0.115. The summed E-state index contributed by atoms with van der Waals surface area (Å²) in [5.41, 5.74) is 0.0448. The first kappa shape index (κ1) is 13.7. The Morgan fingerprint density at radius 2 is 2.00 bits per heavy atom. The fraction of sp³-hybridized carbons (Fsp3) is 0.667. The minimum atomic E-state index is -0.277. The molecule has 3 heteroatoms. The standard InChI is InChI=1S/C12H20N2O/c1-9(2)8-14-11(15)10(7-13)6-12(3,4)5/h6,9H,8H2,1-5H3,(H,14,15)/b10-6+. The summed E-state index contributed by atoms with van der Waals surface area (Å²) in [6.07, 6.45) is 1.70. The van der Waals surface area contributed by atoms with E-state index in [-0.39, 0.29) is 16.9 Å². The van der Waals surface area contributed by atoms with Gasteiger partial charge in [-0.1, -0.05) is 40.7 Å². The summed E-state index contributed by atoms with van der Waals surface area (Å²) in [5, 5.41) is 11.6. The van der Waals surface area contributed by atoms with Gasteiger partial charge in [0.15, 0.2) is 0 Å². The molecule has 1 amide bonds. The molecule has 0 aromatic heterocycles. The molecule has 0 atom stereocenters. The minimum absolute atomic E-state index is 0.153. The van der Waals surface area contributed by atoms with Crippen molar-refractivity contribution in [3.05, 3.63) is 11.6 Å². The monoisotopic (exact) mass is 208 g/mol. The van der Waals surface area contributed by atoms with Crippen LogP contribution in [0, 0.1) is 22.7 Å². The van der Waals surface area contributed by atoms with Gasteiger partial charge < -0.3 is 5.32 Å². The number of hydrogen-bond donors (Lipinski definition) is 1. The maximum Gasteiger partial charge on any atom is 0.261 e. The Hall–Kier alpha value is -1.30. The zero-order chi connectivity index (χ0) is 12.1. The molecule has 0 rings (SSSR count). The molecule has 0 radical (unpaired) electrons. The average molecular weight is 208 g/mol. The van der Waals surface area contributed by atoms with E-state index in [1.165, 1.54) is 0 Å². The Morgan fingerprint density at radius 1 is 1.47 bits per heavy atom. The average Bonchev–Trinajstić information content (AvgIpc) is 2.08. The van der Waals surface area contributed by atoms with E-state index in [1.54, 1.807) is 6.08 Å². The lowest BCUT2D eigenvalue weighted by Gasteiger charge is -2.13. The maximum absolute atomic E-state index is 11.6. The predicted molar refractivity (Wildman–Crippen MR) is 61.0 cm³/mol. The van der Waals surface area contributed by atoms with Gasteiger partial charge >= 0.3 is 0 Å². The van der Waals surface area contributed by atoms with Crippen LogP contribution in [0.25, 0.3) is 0 Å². The number of rotatable bonds is 3. The lowest BCUT2D eigenvalue weighted by molar-refractivity contribution is -0.117. The van der Waals surface area contributed by atoms with E-state index in [2.05, 4.69) is 5.32 Å². The second kappa shape index (κ2) is 5.55. The van der Waals surface area contributed by atoms with Crippen molar-refractivity contribution < 1.29 is 4.79 Å². The third-order valence-corrected chi connectivity index (χ3v) is 1.61. The number of carbonyl (C=O) groups is 1. The third-order valence-electron chi connectivity index (χ3n) is 1.61. The fourth-order valence-electron chi connectivity index (χ4n) is 0.974. The van der Waals surface area contributed by atoms with Crippen molar-refractivity contribution in [2.75, 3.05) is 6.54 Å². The number of nitrogens with zero attached hydrogens (tertiary/aromatic N) is 1. The molecule has 0 fully saturated rings. The maximum atomic E-state index is 11.6. The zero-order valence-electron chi connectivity index (χ0n) is 10.2. The van der Waals surface area contributed by atoms with E-state index in [0.717, 1.165) is 0 Å². The second-order valence-electron chi connectivity index (χ2n) is 5.14. The molecule has 0 heterocycles. The lowest BCUT2D eigenvalue weighted by Crippen LogP contribution is -2.28. The predicted octanol–water partition coefficient (Wildman–Crippen LogP) is 2.25. The van der Waals surface area contributed by atoms with Gasteiger partial charge in [-0.25, -0.2) is 0 Å². The van der Waals surface area contributed by atoms with E-state index >= 15 is 0 Å². The van der Waals surface area contributed by atoms with Crippen LogP contribution in [0.3, 0.4) is 0 Å². The minimum Gasteiger partial charge on any atom is -0.351 e. The highest BCUT2D eigenvalue weighted by atomic mass is 16.1. The summed E-state index contributed by atoms with van der Waals surface area (Å²) in [6, 6.07) is 1.93. The van der Waals surface area contributed by atoms with Crippen LogP contribution < -0.4 is 5.32 Å². The Balaban J connectivity index is 4.52. The van der Waals surface area contributed by atoms with Crippen LogP contribution in [-0.2, 0) is 4.79 Å². The van der Waals surface area contributed by atoms with E-state index in [1.807, 2.05) is 40.7 Å². The second-order valence-corrected chi connectivity index (χ2v) is 5.14. The van der Waals surface area contributed by atoms with E-state index in [4.69, 9.17) is 5.26 Å². The Bertz CT molecular complexity index is 290. The van der Waals surface area contributed by atoms with Gasteiger partial charge in [0.2, 0.25) is 0 Å². The van der Waals surface area contributed by atoms with Crippen LogP contribution in [0.5, 0.6) is 0 Å². The van der Waals surface area contributed by atoms with Crippen LogP contribution in [-0.4, -0.2) is 12.5 Å². The van der Waals surface area contributed by atoms with Gasteiger partial charge in [-0.05, 0) is 11.3 Å². The van der Waals surface area contributed by atoms with Crippen LogP contribution in [0.15, 0.2) is 11.6 Å². The number of amides is 1. The normalized spacial score (nSPS) is 12.5. The number of nitriles is 1. The van der Waals surface area contributed by atoms with Gasteiger partial charge in [0.05, 0.1) is 0 Å². The SMILES string of the molecule is CC(C)CNC(=O)/C(C#N)=C/C(C)(C)C. The molecule has 15 heavy (non-hydrogen) atoms. The molecular formula is C12H20N2O. The quantitative estimate of drug-likeness (QED) is 0.571. The molecule has 0 aliphatic rings. The highest BCUT2D eigenvalue weighted by Gasteiger charge is 2.14. The van der Waals surface area contributed by atoms with Crippen LogP contribution in [0.2, 0.25) is 0 Å². The third kappa shape index (κ3) is 6.73. The molecule has 0 unspecified atom stereocenters. The summed E-state index contributed by atoms with van der Waals surface area (Å²) in [7, 11) is 0. The van der Waals surface area contributed by atoms with Crippen LogP contribution in [0.4, 0.5) is 0 Å². The zero-order valence-corrected chi connectivity index (χ0v) is 10.2. The van der Waals surface area contributed by atoms with Crippen LogP contribution in [0.1, 0.15) is 34.6 Å². The number of nitrogens with one attached hydrogen (secondary N) is 1. The van der Waals surface area contributed by atoms with Crippen molar-refractivity contribution in [1.29, 1.82) is 5.26 Å². The van der Waals surface area contributed by atoms with Crippen molar-refractivity contribution in [2.45, 2.75) is 34.6 Å². The topological polar surface area (TPSA) is 52.9 Å². The van der Waals surface area contributed by atoms with Gasteiger partial charge in [-0.15, -0.1) is 0 Å². The number of allylic oxidation sites excluding steroid dienone is 1. The smallest absolute Gasteiger partial charge is 0.261 e. The first-order valence-corrected chi connectivity index (χ1v) is 5.17. The Labute approximate surface area is 92.2 Å². The van der Waals surface area contributed by atoms with Gasteiger partial charge in [0, 0.05) is 6.54 Å². The molecule has 0 bridgehead atoms. The molecule has 3 nitrogen and oxygen atoms in total. The molecule has 0 aromatic carbocycles. The summed E-state index contributed by atoms with van der Waals surface area (Å²) >= 11 is 0. The van der Waals surface area contributed by atoms with Gasteiger partial charge in [-0.3, -0.25) is 4.79 Å². The van der Waals surface area contributed by atoms with Crippen molar-refractivity contribution in [2.24, 2.45) is 11.3 Å². The van der Waals surface area contributed by atoms with E-state index in [9.17, 15) is 4.79 Å². The lowest BCUT2D eigenvalue weighted by atomic mass is 9.93. The van der Waals surface area contributed by atoms with Crippen molar-refractivity contribution in [3.8, 4) is 6.07 Å². The van der Waals surface area contributed by atoms with Crippen molar-refractivity contribution in [1.82, 2.24) is 5.32 Å². The Kier molecular flexibility index (Phi) is 5.07. The molecule has 0 aliphatic carbocycles.